The van der Waals surface area contributed by atoms with Gasteiger partial charge in [-0.1, -0.05) is 11.6 Å². The minimum absolute atomic E-state index is 0.0982. The predicted molar refractivity (Wildman–Crippen MR) is 75.9 cm³/mol. The van der Waals surface area contributed by atoms with Gasteiger partial charge < -0.3 is 4.74 Å². The predicted octanol–water partition coefficient (Wildman–Crippen LogP) is 1.09. The highest BCUT2D eigenvalue weighted by Crippen LogP contribution is 2.19. The molecule has 0 atom stereocenters. The first kappa shape index (κ1) is 14.5. The summed E-state index contributed by atoms with van der Waals surface area (Å²) in [6, 6.07) is 0. The number of esters is 1. The van der Waals surface area contributed by atoms with E-state index < -0.39 is 5.97 Å². The topological polar surface area (TPSA) is 72.3 Å². The first-order valence-electron chi connectivity index (χ1n) is 5.87. The van der Waals surface area contributed by atoms with Crippen LogP contribution in [0.4, 0.5) is 0 Å². The summed E-state index contributed by atoms with van der Waals surface area (Å²) < 4.78 is 6.11. The molecule has 2 rings (SSSR count). The van der Waals surface area contributed by atoms with E-state index in [0.717, 1.165) is 5.69 Å². The molecule has 6 nitrogen and oxygen atoms in total. The maximum absolute atomic E-state index is 11.4. The van der Waals surface area contributed by atoms with E-state index in [0.29, 0.717) is 22.9 Å². The summed E-state index contributed by atoms with van der Waals surface area (Å²) in [7, 11) is 0. The molecule has 21 heavy (non-hydrogen) atoms. The summed E-state index contributed by atoms with van der Waals surface area (Å²) in [5.74, 6) is 8.96. The van der Waals surface area contributed by atoms with E-state index in [-0.39, 0.29) is 6.42 Å². The Kier molecular flexibility index (Phi) is 4.51. The molecule has 0 aliphatic heterocycles. The van der Waals surface area contributed by atoms with Gasteiger partial charge in [0.2, 0.25) is 0 Å². The normalized spacial score (nSPS) is 9.19. The van der Waals surface area contributed by atoms with Crippen molar-refractivity contribution < 1.29 is 9.53 Å². The smallest absolute Gasteiger partial charge is 0.320 e. The van der Waals surface area contributed by atoms with E-state index in [4.69, 9.17) is 18.0 Å². The largest absolute Gasteiger partial charge is 0.371 e. The van der Waals surface area contributed by atoms with Gasteiger partial charge in [0.1, 0.15) is 11.1 Å². The molecule has 2 heterocycles. The molecular formula is C14H9ClN4O2. The highest BCUT2D eigenvalue weighted by Gasteiger charge is 2.13. The lowest BCUT2D eigenvalue weighted by molar-refractivity contribution is -0.136. The quantitative estimate of drug-likeness (QED) is 0.680. The van der Waals surface area contributed by atoms with E-state index in [1.54, 1.807) is 0 Å². The Balaban J connectivity index is 1.91. The van der Waals surface area contributed by atoms with Crippen molar-refractivity contribution in [2.24, 2.45) is 0 Å². The number of nitrogens with one attached hydrogen (secondary N) is 1. The van der Waals surface area contributed by atoms with Gasteiger partial charge in [0, 0.05) is 18.3 Å². The number of hydrogen-bond acceptors (Lipinski definition) is 4. The van der Waals surface area contributed by atoms with Crippen LogP contribution in [0.2, 0.25) is 5.02 Å². The highest BCUT2D eigenvalue weighted by atomic mass is 35.5. The molecule has 0 amide bonds. The average molecular weight is 301 g/mol. The molecule has 0 fully saturated rings. The molecule has 0 saturated carbocycles. The number of fused-ring (bicyclic) bond motifs is 1. The second-order valence-corrected chi connectivity index (χ2v) is 4.29. The summed E-state index contributed by atoms with van der Waals surface area (Å²) in [5.41, 5.74) is 1.31. The van der Waals surface area contributed by atoms with Gasteiger partial charge in [0.05, 0.1) is 12.1 Å². The zero-order chi connectivity index (χ0) is 15.2. The molecule has 0 bridgehead atoms. The fourth-order valence-corrected chi connectivity index (χ4v) is 1.66. The maximum atomic E-state index is 11.4. The third kappa shape index (κ3) is 3.57. The molecule has 7 heteroatoms. The number of rotatable bonds is 3. The van der Waals surface area contributed by atoms with Gasteiger partial charge in [-0.3, -0.25) is 9.89 Å². The van der Waals surface area contributed by atoms with Crippen LogP contribution in [0.25, 0.3) is 5.65 Å². The molecule has 1 N–H and O–H groups in total. The number of hydrogen-bond donors (Lipinski definition) is 1. The third-order valence-electron chi connectivity index (χ3n) is 2.42. The SMILES string of the molecule is C#CC#CC#COC(=O)CCc1nc2c(Cl)c(C)[nH]n2n1. The van der Waals surface area contributed by atoms with Crippen molar-refractivity contribution in [3.05, 3.63) is 16.5 Å². The fraction of sp³-hybridized carbons (Fsp3) is 0.214. The standard InChI is InChI=1S/C14H9ClN4O2/c1-3-4-5-6-9-21-12(20)8-7-11-16-14-13(15)10(2)17-19(14)18-11/h1,17H,7-8H2,2H3. The van der Waals surface area contributed by atoms with Crippen LogP contribution in [0.1, 0.15) is 17.9 Å². The number of nitrogens with zero attached hydrogens (tertiary/aromatic N) is 3. The Bertz CT molecular complexity index is 849. The Labute approximate surface area is 125 Å². The average Bonchev–Trinajstić information content (AvgIpc) is 2.97. The maximum Gasteiger partial charge on any atom is 0.320 e. The molecule has 0 radical (unpaired) electrons. The lowest BCUT2D eigenvalue weighted by Crippen LogP contribution is -2.03. The summed E-state index contributed by atoms with van der Waals surface area (Å²) in [6.45, 7) is 1.82. The van der Waals surface area contributed by atoms with Crippen molar-refractivity contribution in [1.82, 2.24) is 19.8 Å². The molecule has 0 saturated heterocycles. The van der Waals surface area contributed by atoms with Crippen LogP contribution in [0, 0.1) is 43.1 Å². The van der Waals surface area contributed by atoms with E-state index in [2.05, 4.69) is 49.7 Å². The third-order valence-corrected chi connectivity index (χ3v) is 2.87. The van der Waals surface area contributed by atoms with Gasteiger partial charge in [-0.15, -0.1) is 11.5 Å². The number of ether oxygens (including phenoxy) is 1. The zero-order valence-electron chi connectivity index (χ0n) is 11.0. The van der Waals surface area contributed by atoms with Crippen molar-refractivity contribution in [2.75, 3.05) is 0 Å². The van der Waals surface area contributed by atoms with Crippen LogP contribution in [0.5, 0.6) is 0 Å². The van der Waals surface area contributed by atoms with Gasteiger partial charge in [-0.05, 0) is 18.8 Å². The van der Waals surface area contributed by atoms with Crippen LogP contribution in [0.15, 0.2) is 0 Å². The zero-order valence-corrected chi connectivity index (χ0v) is 11.8. The van der Waals surface area contributed by atoms with Gasteiger partial charge in [0.25, 0.3) is 0 Å². The van der Waals surface area contributed by atoms with Gasteiger partial charge >= 0.3 is 5.97 Å². The Morgan fingerprint density at radius 2 is 2.29 bits per heavy atom. The number of H-pyrrole nitrogens is 1. The lowest BCUT2D eigenvalue weighted by atomic mass is 10.3. The fourth-order valence-electron chi connectivity index (χ4n) is 1.50. The molecule has 2 aromatic rings. The number of aromatic amines is 1. The molecule has 0 aliphatic rings. The molecule has 0 spiro atoms. The van der Waals surface area contributed by atoms with Gasteiger partial charge in [-0.25, -0.2) is 4.98 Å². The summed E-state index contributed by atoms with van der Waals surface area (Å²) >= 11 is 6.04. The Morgan fingerprint density at radius 3 is 3.00 bits per heavy atom. The second-order valence-electron chi connectivity index (χ2n) is 3.91. The minimum atomic E-state index is -0.495. The minimum Gasteiger partial charge on any atom is -0.371 e. The number of aromatic nitrogens is 4. The van der Waals surface area contributed by atoms with Crippen LogP contribution in [-0.4, -0.2) is 25.8 Å². The number of carbonyl (C=O) groups excluding carboxylic acids is 1. The van der Waals surface area contributed by atoms with E-state index in [9.17, 15) is 4.79 Å². The van der Waals surface area contributed by atoms with Crippen LogP contribution >= 0.6 is 11.6 Å². The van der Waals surface area contributed by atoms with Gasteiger partial charge in [0.15, 0.2) is 11.5 Å². The summed E-state index contributed by atoms with van der Waals surface area (Å²) in [4.78, 5) is 15.6. The van der Waals surface area contributed by atoms with Crippen LogP contribution in [0.3, 0.4) is 0 Å². The van der Waals surface area contributed by atoms with Crippen LogP contribution < -0.4 is 0 Å². The first-order valence-corrected chi connectivity index (χ1v) is 6.24. The highest BCUT2D eigenvalue weighted by molar-refractivity contribution is 6.34. The monoisotopic (exact) mass is 300 g/mol. The second kappa shape index (κ2) is 6.52. The summed E-state index contributed by atoms with van der Waals surface area (Å²) in [6.07, 6.45) is 7.47. The molecule has 0 unspecified atom stereocenters. The first-order chi connectivity index (χ1) is 10.1. The molecule has 104 valence electrons. The van der Waals surface area contributed by atoms with E-state index >= 15 is 0 Å². The van der Waals surface area contributed by atoms with E-state index in [1.807, 2.05) is 6.92 Å². The van der Waals surface area contributed by atoms with Crippen molar-refractivity contribution in [2.45, 2.75) is 19.8 Å². The number of aryl methyl sites for hydroxylation is 2. The Morgan fingerprint density at radius 1 is 1.48 bits per heavy atom. The Hall–Kier alpha value is -2.88. The van der Waals surface area contributed by atoms with Gasteiger partial charge in [-0.2, -0.15) is 4.63 Å². The van der Waals surface area contributed by atoms with Crippen molar-refractivity contribution >= 4 is 23.2 Å². The molecule has 2 aromatic heterocycles. The molecule has 0 aromatic carbocycles. The van der Waals surface area contributed by atoms with Crippen molar-refractivity contribution in [3.8, 4) is 36.2 Å². The van der Waals surface area contributed by atoms with Crippen molar-refractivity contribution in [3.63, 3.8) is 0 Å². The van der Waals surface area contributed by atoms with Crippen molar-refractivity contribution in [1.29, 1.82) is 0 Å². The number of halogens is 1. The van der Waals surface area contributed by atoms with E-state index in [1.165, 1.54) is 4.63 Å². The molecular weight excluding hydrogens is 292 g/mol. The summed E-state index contributed by atoms with van der Waals surface area (Å²) in [5, 5.41) is 7.60. The van der Waals surface area contributed by atoms with Crippen LogP contribution in [-0.2, 0) is 16.0 Å². The number of carbonyl (C=O) groups is 1. The number of terminal acetylenes is 1. The lowest BCUT2D eigenvalue weighted by Gasteiger charge is -1.93. The molecule has 0 aliphatic carbocycles.